The fourth-order valence-corrected chi connectivity index (χ4v) is 1.00. The molecule has 12 heavy (non-hydrogen) atoms. The monoisotopic (exact) mass is 192 g/mol. The molecule has 0 saturated carbocycles. The average molecular weight is 193 g/mol. The summed E-state index contributed by atoms with van der Waals surface area (Å²) in [6.45, 7) is 2.79. The lowest BCUT2D eigenvalue weighted by atomic mass is 10.2. The Balaban J connectivity index is 3.43. The van der Waals surface area contributed by atoms with Crippen molar-refractivity contribution in [2.45, 2.75) is 32.2 Å². The van der Waals surface area contributed by atoms with Crippen LogP contribution in [0.4, 0.5) is 0 Å². The molecule has 0 heterocycles. The Bertz CT molecular complexity index is 130. The maximum absolute atomic E-state index is 11.1. The molecule has 0 aromatic carbocycles. The number of unbranched alkanes of at least 4 members (excludes halogenated alkanes) is 1. The zero-order chi connectivity index (χ0) is 9.40. The highest BCUT2D eigenvalue weighted by Gasteiger charge is 2.10. The summed E-state index contributed by atoms with van der Waals surface area (Å²) >= 11 is 5.44. The summed E-state index contributed by atoms with van der Waals surface area (Å²) in [6, 6.07) is -0.445. The van der Waals surface area contributed by atoms with Gasteiger partial charge in [0.2, 0.25) is 5.91 Å². The smallest absolute Gasteiger partial charge is 0.236 e. The van der Waals surface area contributed by atoms with Crippen molar-refractivity contribution >= 4 is 17.5 Å². The maximum Gasteiger partial charge on any atom is 0.236 e. The lowest BCUT2D eigenvalue weighted by Crippen LogP contribution is -2.41. The minimum atomic E-state index is -0.445. The number of hydrogen-bond donors (Lipinski definition) is 2. The largest absolute Gasteiger partial charge is 0.355 e. The molecular weight excluding hydrogens is 176 g/mol. The first kappa shape index (κ1) is 11.7. The van der Waals surface area contributed by atoms with E-state index in [1.165, 1.54) is 0 Å². The molecule has 0 fully saturated rings. The van der Waals surface area contributed by atoms with Gasteiger partial charge in [0.1, 0.15) is 0 Å². The second-order valence-electron chi connectivity index (χ2n) is 2.73. The number of alkyl halides is 1. The van der Waals surface area contributed by atoms with Crippen LogP contribution >= 0.6 is 11.6 Å². The van der Waals surface area contributed by atoms with Gasteiger partial charge in [0.05, 0.1) is 6.04 Å². The predicted molar refractivity (Wildman–Crippen MR) is 51.2 cm³/mol. The summed E-state index contributed by atoms with van der Waals surface area (Å²) in [7, 11) is 0. The Kier molecular flexibility index (Phi) is 7.20. The van der Waals surface area contributed by atoms with Gasteiger partial charge in [0.15, 0.2) is 0 Å². The minimum absolute atomic E-state index is 0.0934. The highest BCUT2D eigenvalue weighted by molar-refractivity contribution is 6.18. The lowest BCUT2D eigenvalue weighted by Gasteiger charge is -2.09. The third-order valence-electron chi connectivity index (χ3n) is 1.59. The SMILES string of the molecule is CCCCNC(=O)[C@@H](N)CCCl. The van der Waals surface area contributed by atoms with E-state index >= 15 is 0 Å². The van der Waals surface area contributed by atoms with Crippen molar-refractivity contribution in [3.05, 3.63) is 0 Å². The molecule has 1 atom stereocenters. The number of hydrogen-bond acceptors (Lipinski definition) is 2. The van der Waals surface area contributed by atoms with Crippen LogP contribution < -0.4 is 11.1 Å². The van der Waals surface area contributed by atoms with Crippen LogP contribution in [0, 0.1) is 0 Å². The highest BCUT2D eigenvalue weighted by atomic mass is 35.5. The maximum atomic E-state index is 11.1. The van der Waals surface area contributed by atoms with E-state index in [2.05, 4.69) is 12.2 Å². The van der Waals surface area contributed by atoms with Crippen LogP contribution in [0.5, 0.6) is 0 Å². The Labute approximate surface area is 78.6 Å². The fourth-order valence-electron chi connectivity index (χ4n) is 0.768. The van der Waals surface area contributed by atoms with E-state index in [1.807, 2.05) is 0 Å². The number of rotatable bonds is 6. The van der Waals surface area contributed by atoms with Gasteiger partial charge in [-0.15, -0.1) is 11.6 Å². The van der Waals surface area contributed by atoms with Crippen molar-refractivity contribution in [3.8, 4) is 0 Å². The Morgan fingerprint density at radius 1 is 1.67 bits per heavy atom. The Hall–Kier alpha value is -0.280. The van der Waals surface area contributed by atoms with Crippen molar-refractivity contribution < 1.29 is 4.79 Å². The van der Waals surface area contributed by atoms with Crippen molar-refractivity contribution in [1.82, 2.24) is 5.32 Å². The van der Waals surface area contributed by atoms with Gasteiger partial charge < -0.3 is 11.1 Å². The molecular formula is C8H17ClN2O. The molecule has 0 radical (unpaired) electrons. The van der Waals surface area contributed by atoms with Gasteiger partial charge in [-0.05, 0) is 12.8 Å². The van der Waals surface area contributed by atoms with Crippen LogP contribution in [0.2, 0.25) is 0 Å². The van der Waals surface area contributed by atoms with E-state index in [1.54, 1.807) is 0 Å². The van der Waals surface area contributed by atoms with Crippen LogP contribution in [0.25, 0.3) is 0 Å². The Morgan fingerprint density at radius 2 is 2.33 bits per heavy atom. The van der Waals surface area contributed by atoms with E-state index in [9.17, 15) is 4.79 Å². The summed E-state index contributed by atoms with van der Waals surface area (Å²) in [4.78, 5) is 11.1. The molecule has 0 aliphatic heterocycles. The van der Waals surface area contributed by atoms with Crippen LogP contribution in [0.1, 0.15) is 26.2 Å². The second-order valence-corrected chi connectivity index (χ2v) is 3.11. The van der Waals surface area contributed by atoms with Gasteiger partial charge >= 0.3 is 0 Å². The molecule has 0 aromatic heterocycles. The van der Waals surface area contributed by atoms with Gasteiger partial charge in [0.25, 0.3) is 0 Å². The summed E-state index contributed by atoms with van der Waals surface area (Å²) < 4.78 is 0. The van der Waals surface area contributed by atoms with E-state index in [0.717, 1.165) is 12.8 Å². The molecule has 0 rings (SSSR count). The van der Waals surface area contributed by atoms with E-state index in [-0.39, 0.29) is 5.91 Å². The number of halogens is 1. The second kappa shape index (κ2) is 7.37. The number of nitrogens with one attached hydrogen (secondary N) is 1. The lowest BCUT2D eigenvalue weighted by molar-refractivity contribution is -0.122. The quantitative estimate of drug-likeness (QED) is 0.485. The van der Waals surface area contributed by atoms with Gasteiger partial charge in [-0.2, -0.15) is 0 Å². The van der Waals surface area contributed by atoms with Crippen LogP contribution in [0.3, 0.4) is 0 Å². The molecule has 0 aliphatic carbocycles. The highest BCUT2D eigenvalue weighted by Crippen LogP contribution is 1.91. The first-order valence-electron chi connectivity index (χ1n) is 4.31. The molecule has 4 heteroatoms. The average Bonchev–Trinajstić information content (AvgIpc) is 2.05. The summed E-state index contributed by atoms with van der Waals surface area (Å²) in [5.41, 5.74) is 5.51. The molecule has 0 aliphatic rings. The summed E-state index contributed by atoms with van der Waals surface area (Å²) in [5, 5.41) is 2.75. The molecule has 3 nitrogen and oxygen atoms in total. The molecule has 0 bridgehead atoms. The zero-order valence-electron chi connectivity index (χ0n) is 7.48. The van der Waals surface area contributed by atoms with Gasteiger partial charge in [0, 0.05) is 12.4 Å². The molecule has 3 N–H and O–H groups in total. The molecule has 0 spiro atoms. The van der Waals surface area contributed by atoms with Crippen molar-refractivity contribution in [2.75, 3.05) is 12.4 Å². The first-order valence-corrected chi connectivity index (χ1v) is 4.85. The van der Waals surface area contributed by atoms with E-state index in [0.29, 0.717) is 18.8 Å². The van der Waals surface area contributed by atoms with Crippen LogP contribution in [-0.2, 0) is 4.79 Å². The van der Waals surface area contributed by atoms with Crippen molar-refractivity contribution in [1.29, 1.82) is 0 Å². The van der Waals surface area contributed by atoms with Crippen LogP contribution in [0.15, 0.2) is 0 Å². The van der Waals surface area contributed by atoms with E-state index < -0.39 is 6.04 Å². The predicted octanol–water partition coefficient (Wildman–Crippen LogP) is 0.859. The topological polar surface area (TPSA) is 55.1 Å². The normalized spacial score (nSPS) is 12.6. The number of carbonyl (C=O) groups is 1. The van der Waals surface area contributed by atoms with Crippen molar-refractivity contribution in [3.63, 3.8) is 0 Å². The van der Waals surface area contributed by atoms with Gasteiger partial charge in [-0.25, -0.2) is 0 Å². The fraction of sp³-hybridized carbons (Fsp3) is 0.875. The third kappa shape index (κ3) is 5.38. The molecule has 72 valence electrons. The zero-order valence-corrected chi connectivity index (χ0v) is 8.23. The summed E-state index contributed by atoms with van der Waals surface area (Å²) in [5.74, 6) is 0.339. The van der Waals surface area contributed by atoms with Gasteiger partial charge in [-0.1, -0.05) is 13.3 Å². The minimum Gasteiger partial charge on any atom is -0.355 e. The molecule has 0 unspecified atom stereocenters. The van der Waals surface area contributed by atoms with Crippen LogP contribution in [-0.4, -0.2) is 24.4 Å². The summed E-state index contributed by atoms with van der Waals surface area (Å²) in [6.07, 6.45) is 2.61. The molecule has 1 amide bonds. The van der Waals surface area contributed by atoms with Crippen molar-refractivity contribution in [2.24, 2.45) is 5.73 Å². The number of carbonyl (C=O) groups excluding carboxylic acids is 1. The third-order valence-corrected chi connectivity index (χ3v) is 1.80. The first-order chi connectivity index (χ1) is 5.72. The Morgan fingerprint density at radius 3 is 2.83 bits per heavy atom. The van der Waals surface area contributed by atoms with E-state index in [4.69, 9.17) is 17.3 Å². The standard InChI is InChI=1S/C8H17ClN2O/c1-2-3-6-11-8(12)7(10)4-5-9/h7H,2-6,10H2,1H3,(H,11,12)/t7-/m0/s1. The molecule has 0 saturated heterocycles. The van der Waals surface area contributed by atoms with Gasteiger partial charge in [-0.3, -0.25) is 4.79 Å². The number of amides is 1. The molecule has 0 aromatic rings. The number of nitrogens with two attached hydrogens (primary N) is 1.